The standard InChI is InChI=1S/C15H15IN2O2/c1-17-14(11-5-3-2-4-6-11)9-12-7-8-13(16)10-15(12)18(19)20/h2-8,10,14,17H,9H2,1H3. The van der Waals surface area contributed by atoms with Gasteiger partial charge < -0.3 is 5.32 Å². The van der Waals surface area contributed by atoms with Crippen molar-refractivity contribution in [2.24, 2.45) is 0 Å². The lowest BCUT2D eigenvalue weighted by molar-refractivity contribution is -0.385. The highest BCUT2D eigenvalue weighted by Gasteiger charge is 2.18. The molecule has 2 rings (SSSR count). The van der Waals surface area contributed by atoms with Crippen molar-refractivity contribution in [3.63, 3.8) is 0 Å². The molecule has 20 heavy (non-hydrogen) atoms. The van der Waals surface area contributed by atoms with Crippen LogP contribution in [0.4, 0.5) is 5.69 Å². The molecule has 5 heteroatoms. The Balaban J connectivity index is 2.31. The molecule has 104 valence electrons. The zero-order valence-corrected chi connectivity index (χ0v) is 13.2. The number of benzene rings is 2. The van der Waals surface area contributed by atoms with Gasteiger partial charge >= 0.3 is 0 Å². The molecule has 1 N–H and O–H groups in total. The summed E-state index contributed by atoms with van der Waals surface area (Å²) in [6.07, 6.45) is 0.591. The molecule has 0 fully saturated rings. The van der Waals surface area contributed by atoms with E-state index in [2.05, 4.69) is 27.9 Å². The lowest BCUT2D eigenvalue weighted by atomic mass is 9.98. The van der Waals surface area contributed by atoms with E-state index < -0.39 is 0 Å². The quantitative estimate of drug-likeness (QED) is 0.488. The van der Waals surface area contributed by atoms with Crippen LogP contribution in [0.5, 0.6) is 0 Å². The fourth-order valence-corrected chi connectivity index (χ4v) is 2.65. The molecule has 0 radical (unpaired) electrons. The van der Waals surface area contributed by atoms with E-state index in [1.165, 1.54) is 0 Å². The molecular weight excluding hydrogens is 367 g/mol. The van der Waals surface area contributed by atoms with E-state index in [1.54, 1.807) is 6.07 Å². The van der Waals surface area contributed by atoms with Crippen LogP contribution in [0.3, 0.4) is 0 Å². The minimum absolute atomic E-state index is 0.0648. The van der Waals surface area contributed by atoms with Crippen molar-refractivity contribution >= 4 is 28.3 Å². The van der Waals surface area contributed by atoms with Gasteiger partial charge in [0.15, 0.2) is 0 Å². The van der Waals surface area contributed by atoms with E-state index in [4.69, 9.17) is 0 Å². The van der Waals surface area contributed by atoms with Crippen molar-refractivity contribution < 1.29 is 4.92 Å². The van der Waals surface area contributed by atoms with E-state index in [0.717, 1.165) is 14.7 Å². The van der Waals surface area contributed by atoms with Crippen LogP contribution in [0.1, 0.15) is 17.2 Å². The monoisotopic (exact) mass is 382 g/mol. The normalized spacial score (nSPS) is 12.1. The predicted molar refractivity (Wildman–Crippen MR) is 87.8 cm³/mol. The van der Waals surface area contributed by atoms with Gasteiger partial charge in [-0.05, 0) is 47.7 Å². The molecule has 4 nitrogen and oxygen atoms in total. The summed E-state index contributed by atoms with van der Waals surface area (Å²) in [4.78, 5) is 10.9. The molecule has 0 bridgehead atoms. The predicted octanol–water partition coefficient (Wildman–Crippen LogP) is 3.70. The number of nitro groups is 1. The number of nitrogens with one attached hydrogen (secondary N) is 1. The van der Waals surface area contributed by atoms with E-state index in [1.807, 2.05) is 49.5 Å². The number of nitrogens with zero attached hydrogens (tertiary/aromatic N) is 1. The summed E-state index contributed by atoms with van der Waals surface area (Å²) < 4.78 is 0.874. The molecule has 0 aliphatic heterocycles. The van der Waals surface area contributed by atoms with E-state index >= 15 is 0 Å². The van der Waals surface area contributed by atoms with Gasteiger partial charge in [-0.15, -0.1) is 0 Å². The first-order chi connectivity index (χ1) is 9.61. The van der Waals surface area contributed by atoms with Gasteiger partial charge in [0.2, 0.25) is 0 Å². The highest BCUT2D eigenvalue weighted by atomic mass is 127. The maximum atomic E-state index is 11.2. The largest absolute Gasteiger partial charge is 0.313 e. The van der Waals surface area contributed by atoms with Gasteiger partial charge in [0.25, 0.3) is 5.69 Å². The SMILES string of the molecule is CNC(Cc1ccc(I)cc1[N+](=O)[O-])c1ccccc1. The van der Waals surface area contributed by atoms with Gasteiger partial charge in [-0.1, -0.05) is 36.4 Å². The molecule has 1 atom stereocenters. The maximum Gasteiger partial charge on any atom is 0.273 e. The number of rotatable bonds is 5. The third-order valence-electron chi connectivity index (χ3n) is 3.22. The van der Waals surface area contributed by atoms with E-state index in [0.29, 0.717) is 6.42 Å². The molecule has 0 aliphatic rings. The highest BCUT2D eigenvalue weighted by Crippen LogP contribution is 2.26. The van der Waals surface area contributed by atoms with Crippen LogP contribution in [-0.2, 0) is 6.42 Å². The van der Waals surface area contributed by atoms with Crippen LogP contribution in [0, 0.1) is 13.7 Å². The van der Waals surface area contributed by atoms with Crippen molar-refractivity contribution in [1.82, 2.24) is 5.32 Å². The molecule has 0 amide bonds. The molecule has 0 spiro atoms. The average molecular weight is 382 g/mol. The summed E-state index contributed by atoms with van der Waals surface area (Å²) in [6.45, 7) is 0. The second kappa shape index (κ2) is 6.81. The summed E-state index contributed by atoms with van der Waals surface area (Å²) >= 11 is 2.09. The number of nitro benzene ring substituents is 1. The first-order valence-corrected chi connectivity index (χ1v) is 7.34. The number of hydrogen-bond donors (Lipinski definition) is 1. The molecular formula is C15H15IN2O2. The van der Waals surface area contributed by atoms with E-state index in [-0.39, 0.29) is 16.7 Å². The third kappa shape index (κ3) is 3.55. The summed E-state index contributed by atoms with van der Waals surface area (Å²) in [7, 11) is 1.87. The first kappa shape index (κ1) is 14.9. The number of hydrogen-bond acceptors (Lipinski definition) is 3. The van der Waals surface area contributed by atoms with Gasteiger partial charge in [0.05, 0.1) is 4.92 Å². The van der Waals surface area contributed by atoms with Crippen molar-refractivity contribution in [2.45, 2.75) is 12.5 Å². The van der Waals surface area contributed by atoms with Crippen LogP contribution in [0.25, 0.3) is 0 Å². The summed E-state index contributed by atoms with van der Waals surface area (Å²) in [5.41, 5.74) is 2.06. The Hall–Kier alpha value is -1.47. The molecule has 0 saturated heterocycles. The number of likely N-dealkylation sites (N-methyl/N-ethyl adjacent to an activating group) is 1. The second-order valence-electron chi connectivity index (χ2n) is 4.49. The summed E-state index contributed by atoms with van der Waals surface area (Å²) in [5, 5.41) is 14.4. The Labute approximate surface area is 131 Å². The molecule has 0 aliphatic carbocycles. The van der Waals surface area contributed by atoms with Crippen molar-refractivity contribution in [1.29, 1.82) is 0 Å². The van der Waals surface area contributed by atoms with Crippen LogP contribution in [-0.4, -0.2) is 12.0 Å². The molecule has 0 heterocycles. The first-order valence-electron chi connectivity index (χ1n) is 6.27. The Kier molecular flexibility index (Phi) is 5.08. The number of halogens is 1. The van der Waals surface area contributed by atoms with Gasteiger partial charge in [-0.25, -0.2) is 0 Å². The minimum atomic E-state index is -0.310. The van der Waals surface area contributed by atoms with Crippen molar-refractivity contribution in [3.05, 3.63) is 73.3 Å². The zero-order valence-electron chi connectivity index (χ0n) is 11.0. The third-order valence-corrected chi connectivity index (χ3v) is 3.89. The summed E-state index contributed by atoms with van der Waals surface area (Å²) in [6, 6.07) is 15.4. The molecule has 2 aromatic rings. The molecule has 0 saturated carbocycles. The Morgan fingerprint density at radius 1 is 1.25 bits per heavy atom. The lowest BCUT2D eigenvalue weighted by Gasteiger charge is -2.16. The zero-order chi connectivity index (χ0) is 14.5. The van der Waals surface area contributed by atoms with Crippen LogP contribution in [0.15, 0.2) is 48.5 Å². The summed E-state index contributed by atoms with van der Waals surface area (Å²) in [5.74, 6) is 0. The van der Waals surface area contributed by atoms with Crippen LogP contribution in [0.2, 0.25) is 0 Å². The van der Waals surface area contributed by atoms with Gasteiger partial charge in [-0.3, -0.25) is 10.1 Å². The van der Waals surface area contributed by atoms with E-state index in [9.17, 15) is 10.1 Å². The Bertz CT molecular complexity index is 602. The average Bonchev–Trinajstić information content (AvgIpc) is 2.46. The smallest absolute Gasteiger partial charge is 0.273 e. The van der Waals surface area contributed by atoms with Gasteiger partial charge in [0.1, 0.15) is 0 Å². The highest BCUT2D eigenvalue weighted by molar-refractivity contribution is 14.1. The van der Waals surface area contributed by atoms with Crippen LogP contribution >= 0.6 is 22.6 Å². The Morgan fingerprint density at radius 2 is 1.95 bits per heavy atom. The maximum absolute atomic E-state index is 11.2. The van der Waals surface area contributed by atoms with Crippen molar-refractivity contribution in [2.75, 3.05) is 7.05 Å². The van der Waals surface area contributed by atoms with Gasteiger partial charge in [0, 0.05) is 21.2 Å². The topological polar surface area (TPSA) is 55.2 Å². The fourth-order valence-electron chi connectivity index (χ4n) is 2.17. The lowest BCUT2D eigenvalue weighted by Crippen LogP contribution is -2.19. The minimum Gasteiger partial charge on any atom is -0.313 e. The molecule has 1 unspecified atom stereocenters. The second-order valence-corrected chi connectivity index (χ2v) is 5.73. The van der Waals surface area contributed by atoms with Crippen LogP contribution < -0.4 is 5.32 Å². The molecule has 0 aromatic heterocycles. The van der Waals surface area contributed by atoms with Crippen molar-refractivity contribution in [3.8, 4) is 0 Å². The molecule has 2 aromatic carbocycles. The Morgan fingerprint density at radius 3 is 2.55 bits per heavy atom. The fraction of sp³-hybridized carbons (Fsp3) is 0.200. The van der Waals surface area contributed by atoms with Gasteiger partial charge in [-0.2, -0.15) is 0 Å².